The minimum Gasteiger partial charge on any atom is -0.459 e. The van der Waals surface area contributed by atoms with Gasteiger partial charge >= 0.3 is 0 Å². The van der Waals surface area contributed by atoms with E-state index in [2.05, 4.69) is 10.6 Å². The van der Waals surface area contributed by atoms with Crippen molar-refractivity contribution >= 4 is 40.6 Å². The number of thiophene rings is 1. The van der Waals surface area contributed by atoms with E-state index in [1.165, 1.54) is 17.6 Å². The fraction of sp³-hybridized carbons (Fsp3) is 0.412. The summed E-state index contributed by atoms with van der Waals surface area (Å²) in [4.78, 5) is 27.5. The maximum absolute atomic E-state index is 12.8. The van der Waals surface area contributed by atoms with Gasteiger partial charge in [0.25, 0.3) is 11.8 Å². The van der Waals surface area contributed by atoms with Crippen LogP contribution in [0.2, 0.25) is 0 Å². The number of amides is 2. The van der Waals surface area contributed by atoms with Crippen LogP contribution in [0.4, 0.5) is 5.00 Å². The summed E-state index contributed by atoms with van der Waals surface area (Å²) in [7, 11) is 0. The van der Waals surface area contributed by atoms with Gasteiger partial charge in [0.1, 0.15) is 0 Å². The molecule has 4 rings (SSSR count). The number of carbonyl (C=O) groups is 2. The zero-order valence-corrected chi connectivity index (χ0v) is 15.4. The highest BCUT2D eigenvalue weighted by Crippen LogP contribution is 2.32. The lowest BCUT2D eigenvalue weighted by atomic mass is 10.0. The molecule has 0 aromatic carbocycles. The Labute approximate surface area is 156 Å². The summed E-state index contributed by atoms with van der Waals surface area (Å²) in [5.74, 6) is 1.18. The van der Waals surface area contributed by atoms with Crippen LogP contribution in [0.1, 0.15) is 25.8 Å². The number of anilines is 1. The maximum Gasteiger partial charge on any atom is 0.291 e. The second kappa shape index (κ2) is 7.19. The molecule has 2 atom stereocenters. The van der Waals surface area contributed by atoms with Gasteiger partial charge in [-0.15, -0.1) is 23.7 Å². The monoisotopic (exact) mass is 381 g/mol. The molecule has 2 aromatic rings. The van der Waals surface area contributed by atoms with Crippen LogP contribution in [0.15, 0.2) is 28.9 Å². The minimum absolute atomic E-state index is 0. The van der Waals surface area contributed by atoms with Crippen molar-refractivity contribution in [1.29, 1.82) is 0 Å². The Bertz CT molecular complexity index is 762. The van der Waals surface area contributed by atoms with Crippen LogP contribution < -0.4 is 10.6 Å². The van der Waals surface area contributed by atoms with E-state index in [-0.39, 0.29) is 30.0 Å². The zero-order chi connectivity index (χ0) is 16.7. The predicted molar refractivity (Wildman–Crippen MR) is 98.7 cm³/mol. The van der Waals surface area contributed by atoms with Crippen LogP contribution in [-0.4, -0.2) is 42.9 Å². The van der Waals surface area contributed by atoms with Crippen molar-refractivity contribution in [2.24, 2.45) is 11.8 Å². The average Bonchev–Trinajstić information content (AvgIpc) is 3.30. The highest BCUT2D eigenvalue weighted by Gasteiger charge is 2.38. The van der Waals surface area contributed by atoms with Crippen molar-refractivity contribution in [2.45, 2.75) is 6.92 Å². The van der Waals surface area contributed by atoms with Gasteiger partial charge in [-0.05, 0) is 42.5 Å². The van der Waals surface area contributed by atoms with Gasteiger partial charge in [-0.1, -0.05) is 0 Å². The third-order valence-corrected chi connectivity index (χ3v) is 5.91. The average molecular weight is 382 g/mol. The second-order valence-corrected chi connectivity index (χ2v) is 7.49. The summed E-state index contributed by atoms with van der Waals surface area (Å²) in [5, 5.41) is 6.84. The van der Waals surface area contributed by atoms with Crippen molar-refractivity contribution in [2.75, 3.05) is 31.5 Å². The quantitative estimate of drug-likeness (QED) is 0.857. The van der Waals surface area contributed by atoms with Gasteiger partial charge in [-0.3, -0.25) is 9.59 Å². The molecular weight excluding hydrogens is 362 g/mol. The minimum atomic E-state index is -0.304. The molecule has 2 N–H and O–H groups in total. The number of nitrogens with zero attached hydrogens (tertiary/aromatic N) is 1. The third-order valence-electron chi connectivity index (χ3n) is 4.77. The molecule has 2 fully saturated rings. The first kappa shape index (κ1) is 18.0. The molecule has 4 heterocycles. The van der Waals surface area contributed by atoms with Crippen LogP contribution in [-0.2, 0) is 0 Å². The Morgan fingerprint density at radius 1 is 1.32 bits per heavy atom. The van der Waals surface area contributed by atoms with E-state index < -0.39 is 0 Å². The molecule has 0 bridgehead atoms. The fourth-order valence-corrected chi connectivity index (χ4v) is 4.54. The largest absolute Gasteiger partial charge is 0.459 e. The molecule has 2 aliphatic heterocycles. The Balaban J connectivity index is 0.00000182. The molecule has 2 saturated heterocycles. The molecule has 2 amide bonds. The van der Waals surface area contributed by atoms with E-state index >= 15 is 0 Å². The lowest BCUT2D eigenvalue weighted by Crippen LogP contribution is -2.31. The summed E-state index contributed by atoms with van der Waals surface area (Å²) in [6.07, 6.45) is 1.46. The van der Waals surface area contributed by atoms with Gasteiger partial charge in [-0.2, -0.15) is 0 Å². The number of furan rings is 1. The predicted octanol–water partition coefficient (Wildman–Crippen LogP) is 2.62. The number of likely N-dealkylation sites (tertiary alicyclic amines) is 1. The SMILES string of the molecule is Cc1cc(NC(=O)c2ccco2)sc1C(=O)N1C[C@H]2CNC[C@H]2C1.Cl. The summed E-state index contributed by atoms with van der Waals surface area (Å²) in [5.41, 5.74) is 0.898. The van der Waals surface area contributed by atoms with Gasteiger partial charge in [0.15, 0.2) is 5.76 Å². The van der Waals surface area contributed by atoms with Crippen LogP contribution in [0.5, 0.6) is 0 Å². The van der Waals surface area contributed by atoms with Gasteiger partial charge in [0.05, 0.1) is 16.1 Å². The third kappa shape index (κ3) is 3.44. The van der Waals surface area contributed by atoms with Crippen molar-refractivity contribution in [3.05, 3.63) is 40.7 Å². The summed E-state index contributed by atoms with van der Waals surface area (Å²) in [6, 6.07) is 5.12. The lowest BCUT2D eigenvalue weighted by molar-refractivity contribution is 0.0785. The van der Waals surface area contributed by atoms with Crippen LogP contribution in [0.25, 0.3) is 0 Å². The van der Waals surface area contributed by atoms with Crippen molar-refractivity contribution in [3.8, 4) is 0 Å². The first-order valence-electron chi connectivity index (χ1n) is 8.07. The standard InChI is InChI=1S/C17H19N3O3S.ClH/c1-10-5-14(19-16(21)13-3-2-4-23-13)24-15(10)17(22)20-8-11-6-18-7-12(11)9-20;/h2-5,11-12,18H,6-9H2,1H3,(H,19,21);1H/t11-,12+;. The zero-order valence-electron chi connectivity index (χ0n) is 13.8. The summed E-state index contributed by atoms with van der Waals surface area (Å²) < 4.78 is 5.09. The molecule has 0 aliphatic carbocycles. The normalized spacial score (nSPS) is 21.7. The number of halogens is 1. The molecule has 134 valence electrons. The fourth-order valence-electron chi connectivity index (χ4n) is 3.50. The highest BCUT2D eigenvalue weighted by molar-refractivity contribution is 7.18. The number of hydrogen-bond acceptors (Lipinski definition) is 5. The summed E-state index contributed by atoms with van der Waals surface area (Å²) in [6.45, 7) is 5.55. The van der Waals surface area contributed by atoms with E-state index in [9.17, 15) is 9.59 Å². The number of carbonyl (C=O) groups excluding carboxylic acids is 2. The Hall–Kier alpha value is -1.83. The number of aryl methyl sites for hydroxylation is 1. The van der Waals surface area contributed by atoms with Crippen molar-refractivity contribution < 1.29 is 14.0 Å². The first-order chi connectivity index (χ1) is 11.6. The molecule has 0 saturated carbocycles. The molecule has 2 aliphatic rings. The van der Waals surface area contributed by atoms with Crippen molar-refractivity contribution in [3.63, 3.8) is 0 Å². The number of hydrogen-bond donors (Lipinski definition) is 2. The van der Waals surface area contributed by atoms with Gasteiger partial charge in [-0.25, -0.2) is 0 Å². The van der Waals surface area contributed by atoms with E-state index in [1.807, 2.05) is 17.9 Å². The van der Waals surface area contributed by atoms with E-state index in [0.717, 1.165) is 31.7 Å². The summed E-state index contributed by atoms with van der Waals surface area (Å²) >= 11 is 1.33. The van der Waals surface area contributed by atoms with E-state index in [1.54, 1.807) is 12.1 Å². The van der Waals surface area contributed by atoms with Crippen molar-refractivity contribution in [1.82, 2.24) is 10.2 Å². The van der Waals surface area contributed by atoms with Crippen LogP contribution >= 0.6 is 23.7 Å². The molecule has 8 heteroatoms. The first-order valence-corrected chi connectivity index (χ1v) is 8.89. The van der Waals surface area contributed by atoms with Gasteiger partial charge in [0.2, 0.25) is 0 Å². The molecule has 0 unspecified atom stereocenters. The lowest BCUT2D eigenvalue weighted by Gasteiger charge is -2.17. The maximum atomic E-state index is 12.8. The number of nitrogens with one attached hydrogen (secondary N) is 2. The van der Waals surface area contributed by atoms with Gasteiger partial charge in [0, 0.05) is 26.2 Å². The Morgan fingerprint density at radius 2 is 2.04 bits per heavy atom. The highest BCUT2D eigenvalue weighted by atomic mass is 35.5. The van der Waals surface area contributed by atoms with E-state index in [0.29, 0.717) is 21.7 Å². The Kier molecular flexibility index (Phi) is 5.17. The molecule has 0 spiro atoms. The molecule has 25 heavy (non-hydrogen) atoms. The number of fused-ring (bicyclic) bond motifs is 1. The van der Waals surface area contributed by atoms with Crippen LogP contribution in [0.3, 0.4) is 0 Å². The van der Waals surface area contributed by atoms with E-state index in [4.69, 9.17) is 4.42 Å². The molecule has 0 radical (unpaired) electrons. The number of rotatable bonds is 3. The topological polar surface area (TPSA) is 74.6 Å². The second-order valence-electron chi connectivity index (χ2n) is 6.44. The van der Waals surface area contributed by atoms with Crippen LogP contribution in [0, 0.1) is 18.8 Å². The molecular formula is C17H20ClN3O3S. The smallest absolute Gasteiger partial charge is 0.291 e. The Morgan fingerprint density at radius 3 is 2.68 bits per heavy atom. The van der Waals surface area contributed by atoms with Gasteiger partial charge < -0.3 is 20.0 Å². The molecule has 2 aromatic heterocycles. The molecule has 6 nitrogen and oxygen atoms in total.